The summed E-state index contributed by atoms with van der Waals surface area (Å²) < 4.78 is 29.4. The zero-order chi connectivity index (χ0) is 88.0. The number of aliphatic carboxylic acids is 1. The molecule has 6 fully saturated rings. The third-order valence-corrected chi connectivity index (χ3v) is 32.7. The molecule has 0 bridgehead atoms. The number of hydrogen-bond donors (Lipinski definition) is 5. The van der Waals surface area contributed by atoms with Gasteiger partial charge in [-0.3, -0.25) is 4.79 Å². The molecule has 21 atom stereocenters. The van der Waals surface area contributed by atoms with E-state index in [2.05, 4.69) is 180 Å². The van der Waals surface area contributed by atoms with Crippen molar-refractivity contribution in [3.8, 4) is 0 Å². The normalized spacial score (nSPS) is 33.5. The molecule has 20 heteroatoms. The van der Waals surface area contributed by atoms with Crippen molar-refractivity contribution >= 4 is 80.3 Å². The van der Waals surface area contributed by atoms with Gasteiger partial charge in [0.15, 0.2) is 0 Å². The fourth-order valence-corrected chi connectivity index (χ4v) is 25.9. The van der Waals surface area contributed by atoms with Crippen molar-refractivity contribution in [3.63, 3.8) is 0 Å². The Hall–Kier alpha value is -8.62. The molecular formula is C103H141N9O11. The molecule has 12 aliphatic rings. The lowest BCUT2D eigenvalue weighted by Gasteiger charge is -2.57. The van der Waals surface area contributed by atoms with Gasteiger partial charge in [0.25, 0.3) is 0 Å². The van der Waals surface area contributed by atoms with Gasteiger partial charge in [-0.15, -0.1) is 0 Å². The number of amides is 2. The predicted octanol–water partition coefficient (Wildman–Crippen LogP) is 21.7. The number of carbonyl (C=O) groups is 5. The maximum atomic E-state index is 13.3. The van der Waals surface area contributed by atoms with Gasteiger partial charge >= 0.3 is 30.1 Å². The Balaban J connectivity index is 0.000000134. The van der Waals surface area contributed by atoms with E-state index in [1.54, 1.807) is 40.2 Å². The zero-order valence-electron chi connectivity index (χ0n) is 76.7. The molecule has 12 aliphatic carbocycles. The number of benzene rings is 3. The zero-order valence-corrected chi connectivity index (χ0v) is 76.7. The Kier molecular flexibility index (Phi) is 24.9. The van der Waals surface area contributed by atoms with E-state index < -0.39 is 47.5 Å². The Morgan fingerprint density at radius 3 is 1.09 bits per heavy atom. The maximum absolute atomic E-state index is 13.3. The van der Waals surface area contributed by atoms with Crippen molar-refractivity contribution in [2.45, 2.75) is 307 Å². The van der Waals surface area contributed by atoms with E-state index in [9.17, 15) is 29.1 Å². The number of esters is 2. The first-order valence-electron chi connectivity index (χ1n) is 46.7. The summed E-state index contributed by atoms with van der Waals surface area (Å²) in [7, 11) is 0. The first-order chi connectivity index (χ1) is 58.2. The molecule has 3 aromatic heterocycles. The molecule has 0 saturated heterocycles. The van der Waals surface area contributed by atoms with Crippen LogP contribution in [0.2, 0.25) is 0 Å². The third kappa shape index (κ3) is 17.0. The van der Waals surface area contributed by atoms with E-state index in [-0.39, 0.29) is 75.1 Å². The highest BCUT2D eigenvalue weighted by Crippen LogP contribution is 2.70. The van der Waals surface area contributed by atoms with Gasteiger partial charge < -0.3 is 59.2 Å². The van der Waals surface area contributed by atoms with E-state index in [4.69, 9.17) is 39.8 Å². The number of nitrogens with one attached hydrogen (secondary N) is 2. The number of hydrogen-bond acceptors (Lipinski definition) is 14. The summed E-state index contributed by atoms with van der Waals surface area (Å²) in [5.74, 6) is 4.41. The minimum atomic E-state index is -1.06. The molecule has 20 nitrogen and oxygen atoms in total. The van der Waals surface area contributed by atoms with Crippen LogP contribution in [0.3, 0.4) is 0 Å². The molecule has 6 N–H and O–H groups in total. The second-order valence-electron chi connectivity index (χ2n) is 43.3. The molecular weight excluding hydrogens is 1540 g/mol. The summed E-state index contributed by atoms with van der Waals surface area (Å²) in [6.07, 6.45) is 42.6. The summed E-state index contributed by atoms with van der Waals surface area (Å²) in [6.45, 7) is 36.8. The first kappa shape index (κ1) is 89.2. The van der Waals surface area contributed by atoms with Crippen molar-refractivity contribution in [1.29, 1.82) is 0 Å². The van der Waals surface area contributed by atoms with Gasteiger partial charge in [0.2, 0.25) is 0 Å². The van der Waals surface area contributed by atoms with E-state index in [0.717, 1.165) is 118 Å². The lowest BCUT2D eigenvalue weighted by molar-refractivity contribution is -0.155. The number of aliphatic hydroxyl groups is 1. The molecule has 18 rings (SSSR count). The molecule has 0 aliphatic heterocycles. The number of imidazole rings is 3. The molecule has 3 heterocycles. The predicted molar refractivity (Wildman–Crippen MR) is 485 cm³/mol. The van der Waals surface area contributed by atoms with Crippen LogP contribution in [0, 0.1) is 104 Å². The van der Waals surface area contributed by atoms with Gasteiger partial charge in [-0.25, -0.2) is 34.1 Å². The van der Waals surface area contributed by atoms with Crippen LogP contribution in [-0.4, -0.2) is 117 Å². The Bertz CT molecular complexity index is 5150. The largest absolute Gasteiger partial charge is 0.480 e. The number of aromatic nitrogens is 6. The minimum absolute atomic E-state index is 0.0266. The van der Waals surface area contributed by atoms with Crippen LogP contribution in [0.5, 0.6) is 0 Å². The molecule has 123 heavy (non-hydrogen) atoms. The van der Waals surface area contributed by atoms with Crippen LogP contribution in [0.15, 0.2) is 145 Å². The smallest absolute Gasteiger partial charge is 0.408 e. The fraction of sp³-hybridized carbons (Fsp3) is 0.631. The highest BCUT2D eigenvalue weighted by atomic mass is 16.6. The average Bonchev–Trinajstić information content (AvgIpc) is 1.62. The number of aliphatic hydroxyl groups excluding tert-OH is 1. The van der Waals surface area contributed by atoms with Crippen LogP contribution in [0.25, 0.3) is 50.2 Å². The summed E-state index contributed by atoms with van der Waals surface area (Å²) >= 11 is 0. The number of carbonyl (C=O) groups excluding carboxylic acids is 4. The van der Waals surface area contributed by atoms with Crippen LogP contribution >= 0.6 is 0 Å². The second kappa shape index (κ2) is 34.3. The quantitative estimate of drug-likeness (QED) is 0.0409. The van der Waals surface area contributed by atoms with Crippen molar-refractivity contribution in [1.82, 2.24) is 39.3 Å². The van der Waals surface area contributed by atoms with Gasteiger partial charge in [-0.2, -0.15) is 0 Å². The number of carboxylic acids is 1. The Morgan fingerprint density at radius 1 is 0.423 bits per heavy atom. The number of rotatable bonds is 13. The first-order valence-corrected chi connectivity index (χ1v) is 46.7. The highest BCUT2D eigenvalue weighted by Gasteiger charge is 2.61. The van der Waals surface area contributed by atoms with Gasteiger partial charge in [0.1, 0.15) is 60.5 Å². The molecule has 2 amide bonds. The van der Waals surface area contributed by atoms with E-state index in [0.29, 0.717) is 40.9 Å². The molecule has 0 spiro atoms. The maximum Gasteiger partial charge on any atom is 0.408 e. The summed E-state index contributed by atoms with van der Waals surface area (Å²) in [5.41, 5.74) is 21.9. The van der Waals surface area contributed by atoms with E-state index in [1.165, 1.54) is 96.2 Å². The van der Waals surface area contributed by atoms with Gasteiger partial charge in [0.05, 0.1) is 39.2 Å². The summed E-state index contributed by atoms with van der Waals surface area (Å²) in [4.78, 5) is 74.3. The molecule has 3 aromatic carbocycles. The third-order valence-electron chi connectivity index (χ3n) is 32.7. The van der Waals surface area contributed by atoms with Crippen LogP contribution < -0.4 is 16.4 Å². The number of ether oxygens (including phenoxy) is 4. The van der Waals surface area contributed by atoms with E-state index >= 15 is 0 Å². The number of nitrogens with two attached hydrogens (primary N) is 1. The number of alkyl carbamates (subject to hydrolysis) is 2. The lowest BCUT2D eigenvalue weighted by atomic mass is 9.47. The number of para-hydroxylation sites is 6. The Labute approximate surface area is 730 Å². The Morgan fingerprint density at radius 2 is 0.748 bits per heavy atom. The highest BCUT2D eigenvalue weighted by molar-refractivity contribution is 5.85. The number of fused-ring (bicyclic) bond motifs is 18. The van der Waals surface area contributed by atoms with Crippen molar-refractivity contribution in [2.24, 2.45) is 109 Å². The standard InChI is InChI=1S/C36H49N3O4.C31H41N3O2.C26H32N2O.C10H19NO4/c1-22(2)31(38-33(41)43-34(3,4)5)32(40)42-24-16-18-35(6)23(20-24)12-13-25-26-14-15-30(36(26,7)19-17-27(25)35)39-21-37-28-10-8-9-11-29(28)39;1-19(2)28(32)29(35)36-21-13-15-30(3)20(17-21)9-10-22-23-11-12-27(31(23,4)16-14-24(22)30)34-18-33-25-7-5-6-8-26(25)34;1-25-13-11-18(29)15-17(25)7-8-19-20-9-10-24(26(20,2)14-12-21(19)25)28-16-27-22-5-3-4-6-23(22)28;1-6(2)7(8(12)13)11-9(14)15-10(3,4)5/h8-12,15,21-22,24-27,31H,13-14,16-20H2,1-7H3,(H,38,41);5-9,12,18-19,21-24,28H,10-11,13-17,32H2,1-4H3;3-7,10,16,18-21,29H,8-9,11-15H2,1-2H3;6-7H,1-5H3,(H,11,14)(H,12,13)/t24-,25?,26?,27?,31?,35-,36-;21-,22?,23?,24?,28?,30-,31-;18-,19?,20?,21?,25-,26-;/m000./s1. The van der Waals surface area contributed by atoms with Gasteiger partial charge in [0, 0.05) is 46.2 Å². The van der Waals surface area contributed by atoms with Crippen molar-refractivity contribution < 1.29 is 53.1 Å². The summed E-state index contributed by atoms with van der Waals surface area (Å²) in [6, 6.07) is 23.3. The van der Waals surface area contributed by atoms with Crippen LogP contribution in [0.1, 0.15) is 259 Å². The second-order valence-corrected chi connectivity index (χ2v) is 43.3. The van der Waals surface area contributed by atoms with Crippen LogP contribution in [-0.2, 0) is 33.3 Å². The number of nitrogens with zero attached hydrogens (tertiary/aromatic N) is 6. The summed E-state index contributed by atoms with van der Waals surface area (Å²) in [5, 5.41) is 24.1. The molecule has 12 unspecified atom stereocenters. The van der Waals surface area contributed by atoms with E-state index in [1.807, 2.05) is 67.4 Å². The number of allylic oxidation sites excluding steroid dienone is 9. The fourth-order valence-electron chi connectivity index (χ4n) is 25.9. The van der Waals surface area contributed by atoms with Crippen molar-refractivity contribution in [2.75, 3.05) is 0 Å². The molecule has 6 aromatic rings. The van der Waals surface area contributed by atoms with Gasteiger partial charge in [-0.05, 0) is 287 Å². The lowest BCUT2D eigenvalue weighted by Crippen LogP contribution is -2.51. The SMILES string of the molecule is CC(C)C(N)C(=O)O[C@H]1CC[C@@]2(C)C(=CCC3C2CC[C@]2(C)C(n4cnc5ccccc54)=CCC32)C1.CC(C)C(NC(=O)OC(C)(C)C)C(=O)O.CC(C)C(NC(=O)OC(C)(C)C)C(=O)O[C@H]1CC[C@@]2(C)C(=CCC3C2CC[C@]2(C)C(n4cnc5ccccc54)=CCC32)C1.C[C@]12CC[C@H](O)CC1=CCC1C2CC[C@]2(C)C(n3cnc4ccccc43)=CCC12. The number of carboxylic acid groups (broad SMARTS) is 1. The average molecular weight is 1680 g/mol. The van der Waals surface area contributed by atoms with Gasteiger partial charge in [-0.1, -0.05) is 173 Å². The monoisotopic (exact) mass is 1680 g/mol. The molecule has 6 saturated carbocycles. The molecule has 0 radical (unpaired) electrons. The van der Waals surface area contributed by atoms with Crippen molar-refractivity contribution in [3.05, 3.63) is 145 Å². The molecule has 664 valence electrons. The topological polar surface area (TPSA) is 266 Å². The van der Waals surface area contributed by atoms with Crippen LogP contribution in [0.4, 0.5) is 9.59 Å². The minimum Gasteiger partial charge on any atom is -0.480 e.